The second kappa shape index (κ2) is 6.00. The van der Waals surface area contributed by atoms with Crippen LogP contribution in [-0.2, 0) is 9.84 Å². The van der Waals surface area contributed by atoms with Crippen LogP contribution in [0.15, 0.2) is 46.2 Å². The Hall–Kier alpha value is -2.12. The van der Waals surface area contributed by atoms with Gasteiger partial charge in [0.1, 0.15) is 11.9 Å². The molecule has 1 saturated heterocycles. The molecule has 2 aliphatic heterocycles. The number of halogens is 1. The number of methoxy groups -OCH3 is 1. The number of sulfone groups is 1. The third kappa shape index (κ3) is 2.67. The van der Waals surface area contributed by atoms with Gasteiger partial charge in [0.25, 0.3) is 0 Å². The molecule has 0 aromatic heterocycles. The summed E-state index contributed by atoms with van der Waals surface area (Å²) in [6.45, 7) is 1.68. The standard InChI is InChI=1S/C18H18FNO4S/c1-23-16-5-3-11(8-15(16)19)25(21,22)12-2-4-13-14-6-7-20-10-18(14)24-17(13)9-12/h2-5,8-9,14,18,20H,6-7,10H2,1H3. The normalized spacial score (nSPS) is 22.0. The molecule has 0 saturated carbocycles. The van der Waals surface area contributed by atoms with Crippen molar-refractivity contribution in [1.82, 2.24) is 5.32 Å². The minimum Gasteiger partial charge on any atom is -0.494 e. The quantitative estimate of drug-likeness (QED) is 0.908. The first-order valence-corrected chi connectivity index (χ1v) is 9.59. The first-order chi connectivity index (χ1) is 12.0. The fraction of sp³-hybridized carbons (Fsp3) is 0.333. The molecule has 1 fully saturated rings. The second-order valence-corrected chi connectivity index (χ2v) is 8.20. The SMILES string of the molecule is COc1ccc(S(=O)(=O)c2ccc3c(c2)OC2CNCCC32)cc1F. The molecule has 2 aromatic rings. The molecule has 25 heavy (non-hydrogen) atoms. The van der Waals surface area contributed by atoms with Gasteiger partial charge in [-0.25, -0.2) is 12.8 Å². The van der Waals surface area contributed by atoms with Gasteiger partial charge in [-0.05, 0) is 43.3 Å². The topological polar surface area (TPSA) is 64.6 Å². The Morgan fingerprint density at radius 3 is 2.72 bits per heavy atom. The summed E-state index contributed by atoms with van der Waals surface area (Å²) in [5.74, 6) is 0.200. The predicted molar refractivity (Wildman–Crippen MR) is 89.5 cm³/mol. The van der Waals surface area contributed by atoms with E-state index in [-0.39, 0.29) is 21.6 Å². The van der Waals surface area contributed by atoms with Crippen molar-refractivity contribution in [3.05, 3.63) is 47.8 Å². The van der Waals surface area contributed by atoms with Crippen LogP contribution in [0.5, 0.6) is 11.5 Å². The van der Waals surface area contributed by atoms with E-state index in [1.54, 1.807) is 12.1 Å². The van der Waals surface area contributed by atoms with Gasteiger partial charge < -0.3 is 14.8 Å². The molecule has 0 radical (unpaired) electrons. The molecule has 0 bridgehead atoms. The first-order valence-electron chi connectivity index (χ1n) is 8.10. The Morgan fingerprint density at radius 1 is 1.20 bits per heavy atom. The summed E-state index contributed by atoms with van der Waals surface area (Å²) in [7, 11) is -2.50. The van der Waals surface area contributed by atoms with Gasteiger partial charge in [0, 0.05) is 18.0 Å². The summed E-state index contributed by atoms with van der Waals surface area (Å²) in [4.78, 5) is -0.00903. The monoisotopic (exact) mass is 363 g/mol. The van der Waals surface area contributed by atoms with Gasteiger partial charge in [-0.2, -0.15) is 0 Å². The predicted octanol–water partition coefficient (Wildman–Crippen LogP) is 2.51. The van der Waals surface area contributed by atoms with Crippen LogP contribution in [0.2, 0.25) is 0 Å². The highest BCUT2D eigenvalue weighted by Gasteiger charge is 2.36. The van der Waals surface area contributed by atoms with Crippen LogP contribution in [-0.4, -0.2) is 34.7 Å². The van der Waals surface area contributed by atoms with Gasteiger partial charge in [-0.1, -0.05) is 6.07 Å². The lowest BCUT2D eigenvalue weighted by Crippen LogP contribution is -2.39. The van der Waals surface area contributed by atoms with Gasteiger partial charge in [-0.3, -0.25) is 0 Å². The highest BCUT2D eigenvalue weighted by atomic mass is 32.2. The molecule has 0 amide bonds. The van der Waals surface area contributed by atoms with Crippen molar-refractivity contribution in [2.24, 2.45) is 0 Å². The number of rotatable bonds is 3. The van der Waals surface area contributed by atoms with E-state index < -0.39 is 15.7 Å². The van der Waals surface area contributed by atoms with Gasteiger partial charge in [0.2, 0.25) is 9.84 Å². The van der Waals surface area contributed by atoms with E-state index in [0.29, 0.717) is 11.7 Å². The number of hydrogen-bond donors (Lipinski definition) is 1. The summed E-state index contributed by atoms with van der Waals surface area (Å²) in [6, 6.07) is 8.57. The summed E-state index contributed by atoms with van der Waals surface area (Å²) >= 11 is 0. The highest BCUT2D eigenvalue weighted by molar-refractivity contribution is 7.91. The van der Waals surface area contributed by atoms with E-state index in [1.807, 2.05) is 6.07 Å². The zero-order valence-electron chi connectivity index (χ0n) is 13.7. The Bertz CT molecular complexity index is 929. The Morgan fingerprint density at radius 2 is 1.96 bits per heavy atom. The third-order valence-electron chi connectivity index (χ3n) is 4.83. The summed E-state index contributed by atoms with van der Waals surface area (Å²) in [5, 5.41) is 3.28. The molecular formula is C18H18FNO4S. The molecule has 4 rings (SSSR count). The Labute approximate surface area is 145 Å². The number of benzene rings is 2. The van der Waals surface area contributed by atoms with Crippen LogP contribution < -0.4 is 14.8 Å². The minimum absolute atomic E-state index is 0.00723. The molecule has 0 spiro atoms. The van der Waals surface area contributed by atoms with Crippen molar-refractivity contribution >= 4 is 9.84 Å². The number of nitrogens with one attached hydrogen (secondary N) is 1. The van der Waals surface area contributed by atoms with Crippen molar-refractivity contribution in [2.45, 2.75) is 28.2 Å². The summed E-state index contributed by atoms with van der Waals surface area (Å²) in [6.07, 6.45) is 1.01. The van der Waals surface area contributed by atoms with Crippen molar-refractivity contribution in [1.29, 1.82) is 0 Å². The lowest BCUT2D eigenvalue weighted by Gasteiger charge is -2.24. The third-order valence-corrected chi connectivity index (χ3v) is 6.58. The van der Waals surface area contributed by atoms with Crippen LogP contribution in [0.25, 0.3) is 0 Å². The molecule has 2 aromatic carbocycles. The number of piperidine rings is 1. The molecule has 2 unspecified atom stereocenters. The van der Waals surface area contributed by atoms with E-state index >= 15 is 0 Å². The van der Waals surface area contributed by atoms with Gasteiger partial charge in [0.15, 0.2) is 11.6 Å². The molecular weight excluding hydrogens is 345 g/mol. The van der Waals surface area contributed by atoms with E-state index in [4.69, 9.17) is 9.47 Å². The maximum Gasteiger partial charge on any atom is 0.206 e. The Balaban J connectivity index is 1.72. The minimum atomic E-state index is -3.83. The van der Waals surface area contributed by atoms with Crippen molar-refractivity contribution in [2.75, 3.05) is 20.2 Å². The largest absolute Gasteiger partial charge is 0.494 e. The lowest BCUT2D eigenvalue weighted by atomic mass is 9.90. The van der Waals surface area contributed by atoms with Crippen LogP contribution in [0.4, 0.5) is 4.39 Å². The fourth-order valence-corrected chi connectivity index (χ4v) is 4.80. The van der Waals surface area contributed by atoms with Crippen LogP contribution >= 0.6 is 0 Å². The second-order valence-electron chi connectivity index (χ2n) is 6.26. The molecule has 2 atom stereocenters. The molecule has 1 N–H and O–H groups in total. The van der Waals surface area contributed by atoms with Crippen molar-refractivity contribution < 1.29 is 22.3 Å². The Kier molecular flexibility index (Phi) is 3.92. The molecule has 5 nitrogen and oxygen atoms in total. The molecule has 0 aliphatic carbocycles. The maximum atomic E-state index is 13.9. The molecule has 7 heteroatoms. The number of ether oxygens (including phenoxy) is 2. The lowest BCUT2D eigenvalue weighted by molar-refractivity contribution is 0.176. The van der Waals surface area contributed by atoms with Gasteiger partial charge in [0.05, 0.1) is 16.9 Å². The van der Waals surface area contributed by atoms with Crippen LogP contribution in [0.3, 0.4) is 0 Å². The van der Waals surface area contributed by atoms with Gasteiger partial charge in [-0.15, -0.1) is 0 Å². The first kappa shape index (κ1) is 16.4. The highest BCUT2D eigenvalue weighted by Crippen LogP contribution is 2.42. The van der Waals surface area contributed by atoms with E-state index in [0.717, 1.165) is 31.1 Å². The average molecular weight is 363 g/mol. The van der Waals surface area contributed by atoms with E-state index in [9.17, 15) is 12.8 Å². The number of hydrogen-bond acceptors (Lipinski definition) is 5. The van der Waals surface area contributed by atoms with E-state index in [2.05, 4.69) is 5.32 Å². The van der Waals surface area contributed by atoms with Crippen LogP contribution in [0.1, 0.15) is 17.9 Å². The van der Waals surface area contributed by atoms with Crippen molar-refractivity contribution in [3.63, 3.8) is 0 Å². The summed E-state index contributed by atoms with van der Waals surface area (Å²) < 4.78 is 50.3. The van der Waals surface area contributed by atoms with Crippen molar-refractivity contribution in [3.8, 4) is 11.5 Å². The van der Waals surface area contributed by atoms with E-state index in [1.165, 1.54) is 19.2 Å². The molecule has 2 heterocycles. The van der Waals surface area contributed by atoms with Crippen LogP contribution in [0, 0.1) is 5.82 Å². The molecule has 2 aliphatic rings. The zero-order valence-corrected chi connectivity index (χ0v) is 14.5. The maximum absolute atomic E-state index is 13.9. The zero-order chi connectivity index (χ0) is 17.6. The summed E-state index contributed by atoms with van der Waals surface area (Å²) in [5.41, 5.74) is 1.05. The molecule has 132 valence electrons. The van der Waals surface area contributed by atoms with Gasteiger partial charge >= 0.3 is 0 Å². The smallest absolute Gasteiger partial charge is 0.206 e. The number of fused-ring (bicyclic) bond motifs is 3. The average Bonchev–Trinajstić information content (AvgIpc) is 2.99. The fourth-order valence-electron chi connectivity index (χ4n) is 3.51.